The molecule has 2 amide bonds. The molecule has 1 N–H and O–H groups in total. The Morgan fingerprint density at radius 2 is 1.81 bits per heavy atom. The molecular weight excluding hydrogens is 403 g/mol. The first kappa shape index (κ1) is 21.6. The number of amides is 2. The molecule has 1 unspecified atom stereocenters. The molecule has 2 aromatic rings. The fourth-order valence-corrected chi connectivity index (χ4v) is 3.74. The van der Waals surface area contributed by atoms with E-state index >= 15 is 0 Å². The van der Waals surface area contributed by atoms with Crippen LogP contribution in [0.1, 0.15) is 18.1 Å². The predicted molar refractivity (Wildman–Crippen MR) is 112 cm³/mol. The van der Waals surface area contributed by atoms with E-state index in [2.05, 4.69) is 5.32 Å². The molecule has 0 heterocycles. The van der Waals surface area contributed by atoms with Crippen LogP contribution in [0.15, 0.2) is 47.4 Å². The first-order valence-corrected chi connectivity index (χ1v) is 10.2. The summed E-state index contributed by atoms with van der Waals surface area (Å²) in [5, 5.41) is 3.59. The number of likely N-dealkylation sites (N-methyl/N-ethyl adjacent to an activating group) is 1. The van der Waals surface area contributed by atoms with E-state index in [1.54, 1.807) is 32.2 Å². The SMILES string of the molecule is CNC(=O)C(C)N(Cc1ccc(Cl)cc1Cl)C(=O)CSc1ccc(C)cc1. The molecule has 0 aromatic heterocycles. The maximum Gasteiger partial charge on any atom is 0.242 e. The van der Waals surface area contributed by atoms with Crippen molar-refractivity contribution in [3.8, 4) is 0 Å². The van der Waals surface area contributed by atoms with Crippen molar-refractivity contribution < 1.29 is 9.59 Å². The summed E-state index contributed by atoms with van der Waals surface area (Å²) in [7, 11) is 1.55. The lowest BCUT2D eigenvalue weighted by atomic mass is 10.1. The van der Waals surface area contributed by atoms with Gasteiger partial charge in [0, 0.05) is 28.5 Å². The van der Waals surface area contributed by atoms with Gasteiger partial charge in [-0.1, -0.05) is 47.0 Å². The van der Waals surface area contributed by atoms with Gasteiger partial charge in [-0.3, -0.25) is 9.59 Å². The van der Waals surface area contributed by atoms with Gasteiger partial charge in [-0.05, 0) is 43.7 Å². The number of halogens is 2. The fraction of sp³-hybridized carbons (Fsp3) is 0.300. The third-order valence-corrected chi connectivity index (χ3v) is 5.74. The summed E-state index contributed by atoms with van der Waals surface area (Å²) in [5.41, 5.74) is 1.91. The van der Waals surface area contributed by atoms with E-state index in [1.165, 1.54) is 16.7 Å². The van der Waals surface area contributed by atoms with Crippen LogP contribution >= 0.6 is 35.0 Å². The van der Waals surface area contributed by atoms with Crippen molar-refractivity contribution in [3.05, 3.63) is 63.6 Å². The second-order valence-electron chi connectivity index (χ2n) is 6.15. The van der Waals surface area contributed by atoms with Crippen molar-refractivity contribution in [1.82, 2.24) is 10.2 Å². The normalized spacial score (nSPS) is 11.7. The molecule has 0 fully saturated rings. The lowest BCUT2D eigenvalue weighted by Gasteiger charge is -2.28. The zero-order valence-electron chi connectivity index (χ0n) is 15.5. The number of hydrogen-bond donors (Lipinski definition) is 1. The minimum Gasteiger partial charge on any atom is -0.357 e. The molecule has 7 heteroatoms. The van der Waals surface area contributed by atoms with Gasteiger partial charge >= 0.3 is 0 Å². The van der Waals surface area contributed by atoms with Gasteiger partial charge in [0.1, 0.15) is 6.04 Å². The van der Waals surface area contributed by atoms with Gasteiger partial charge in [-0.25, -0.2) is 0 Å². The molecule has 0 spiro atoms. The highest BCUT2D eigenvalue weighted by atomic mass is 35.5. The molecule has 2 aromatic carbocycles. The highest BCUT2D eigenvalue weighted by Crippen LogP contribution is 2.24. The Balaban J connectivity index is 2.16. The van der Waals surface area contributed by atoms with E-state index in [4.69, 9.17) is 23.2 Å². The number of thioether (sulfide) groups is 1. The van der Waals surface area contributed by atoms with Crippen LogP contribution in [-0.4, -0.2) is 35.6 Å². The number of rotatable bonds is 7. The smallest absolute Gasteiger partial charge is 0.242 e. The average Bonchev–Trinajstić information content (AvgIpc) is 2.65. The van der Waals surface area contributed by atoms with E-state index in [9.17, 15) is 9.59 Å². The van der Waals surface area contributed by atoms with Crippen molar-refractivity contribution in [3.63, 3.8) is 0 Å². The molecule has 1 atom stereocenters. The van der Waals surface area contributed by atoms with Crippen LogP contribution in [0.25, 0.3) is 0 Å². The quantitative estimate of drug-likeness (QED) is 0.662. The summed E-state index contributed by atoms with van der Waals surface area (Å²) in [6, 6.07) is 12.5. The Labute approximate surface area is 174 Å². The van der Waals surface area contributed by atoms with Crippen LogP contribution in [0.4, 0.5) is 0 Å². The van der Waals surface area contributed by atoms with Crippen molar-refractivity contribution in [2.24, 2.45) is 0 Å². The highest BCUT2D eigenvalue weighted by molar-refractivity contribution is 8.00. The molecule has 4 nitrogen and oxygen atoms in total. The molecule has 0 saturated carbocycles. The number of carbonyl (C=O) groups excluding carboxylic acids is 2. The van der Waals surface area contributed by atoms with Crippen LogP contribution in [0.3, 0.4) is 0 Å². The lowest BCUT2D eigenvalue weighted by molar-refractivity contribution is -0.138. The Morgan fingerprint density at radius 3 is 2.41 bits per heavy atom. The summed E-state index contributed by atoms with van der Waals surface area (Å²) < 4.78 is 0. The topological polar surface area (TPSA) is 49.4 Å². The zero-order valence-corrected chi connectivity index (χ0v) is 17.8. The van der Waals surface area contributed by atoms with Gasteiger partial charge in [-0.2, -0.15) is 0 Å². The third kappa shape index (κ3) is 6.16. The molecule has 0 saturated heterocycles. The number of nitrogens with one attached hydrogen (secondary N) is 1. The van der Waals surface area contributed by atoms with Crippen LogP contribution in [-0.2, 0) is 16.1 Å². The van der Waals surface area contributed by atoms with Crippen molar-refractivity contribution in [2.75, 3.05) is 12.8 Å². The minimum atomic E-state index is -0.618. The number of benzene rings is 2. The summed E-state index contributed by atoms with van der Waals surface area (Å²) in [4.78, 5) is 27.6. The summed E-state index contributed by atoms with van der Waals surface area (Å²) in [6.07, 6.45) is 0. The molecule has 0 aliphatic carbocycles. The first-order chi connectivity index (χ1) is 12.8. The fourth-order valence-electron chi connectivity index (χ4n) is 2.49. The van der Waals surface area contributed by atoms with E-state index in [-0.39, 0.29) is 24.1 Å². The van der Waals surface area contributed by atoms with E-state index in [1.807, 2.05) is 31.2 Å². The van der Waals surface area contributed by atoms with Gasteiger partial charge in [0.05, 0.1) is 5.75 Å². The summed E-state index contributed by atoms with van der Waals surface area (Å²) in [5.74, 6) is -0.133. The van der Waals surface area contributed by atoms with Crippen molar-refractivity contribution in [1.29, 1.82) is 0 Å². The number of aryl methyl sites for hydroxylation is 1. The summed E-state index contributed by atoms with van der Waals surface area (Å²) in [6.45, 7) is 3.96. The number of carbonyl (C=O) groups is 2. The molecule has 0 aliphatic rings. The van der Waals surface area contributed by atoms with Crippen molar-refractivity contribution in [2.45, 2.75) is 31.3 Å². The summed E-state index contributed by atoms with van der Waals surface area (Å²) >= 11 is 13.6. The van der Waals surface area contributed by atoms with Gasteiger partial charge < -0.3 is 10.2 Å². The lowest BCUT2D eigenvalue weighted by Crippen LogP contribution is -2.47. The highest BCUT2D eigenvalue weighted by Gasteiger charge is 2.26. The second kappa shape index (κ2) is 10.0. The zero-order chi connectivity index (χ0) is 20.0. The molecule has 2 rings (SSSR count). The van der Waals surface area contributed by atoms with Crippen LogP contribution < -0.4 is 5.32 Å². The third-order valence-electron chi connectivity index (χ3n) is 4.15. The standard InChI is InChI=1S/C20H22Cl2N2O2S/c1-13-4-8-17(9-5-13)27-12-19(25)24(14(2)20(26)23-3)11-15-6-7-16(21)10-18(15)22/h4-10,14H,11-12H2,1-3H3,(H,23,26). The Bertz CT molecular complexity index is 812. The minimum absolute atomic E-state index is 0.136. The predicted octanol–water partition coefficient (Wildman–Crippen LogP) is 4.56. The number of nitrogens with zero attached hydrogens (tertiary/aromatic N) is 1. The Morgan fingerprint density at radius 1 is 1.15 bits per heavy atom. The van der Waals surface area contributed by atoms with Crippen LogP contribution in [0.5, 0.6) is 0 Å². The molecule has 0 radical (unpaired) electrons. The molecule has 27 heavy (non-hydrogen) atoms. The number of hydrogen-bond acceptors (Lipinski definition) is 3. The van der Waals surface area contributed by atoms with E-state index in [0.29, 0.717) is 10.0 Å². The van der Waals surface area contributed by atoms with Crippen LogP contribution in [0.2, 0.25) is 10.0 Å². The van der Waals surface area contributed by atoms with Gasteiger partial charge in [0.15, 0.2) is 0 Å². The van der Waals surface area contributed by atoms with Gasteiger partial charge in [-0.15, -0.1) is 11.8 Å². The molecular formula is C20H22Cl2N2O2S. The molecule has 144 valence electrons. The average molecular weight is 425 g/mol. The van der Waals surface area contributed by atoms with E-state index in [0.717, 1.165) is 16.0 Å². The maximum atomic E-state index is 12.9. The van der Waals surface area contributed by atoms with Crippen LogP contribution in [0, 0.1) is 6.92 Å². The Kier molecular flexibility index (Phi) is 8.02. The van der Waals surface area contributed by atoms with Crippen molar-refractivity contribution >= 4 is 46.8 Å². The van der Waals surface area contributed by atoms with Gasteiger partial charge in [0.25, 0.3) is 0 Å². The van der Waals surface area contributed by atoms with E-state index < -0.39 is 6.04 Å². The first-order valence-electron chi connectivity index (χ1n) is 8.46. The largest absolute Gasteiger partial charge is 0.357 e. The Hall–Kier alpha value is -1.69. The van der Waals surface area contributed by atoms with Gasteiger partial charge in [0.2, 0.25) is 11.8 Å². The molecule has 0 bridgehead atoms. The second-order valence-corrected chi connectivity index (χ2v) is 8.04. The monoisotopic (exact) mass is 424 g/mol. The maximum absolute atomic E-state index is 12.9. The molecule has 0 aliphatic heterocycles.